The Morgan fingerprint density at radius 3 is 2.19 bits per heavy atom. The van der Waals surface area contributed by atoms with Gasteiger partial charge in [0.2, 0.25) is 15.9 Å². The number of nitrogens with one attached hydrogen (secondary N) is 2. The van der Waals surface area contributed by atoms with Crippen LogP contribution in [0.4, 0.5) is 14.5 Å². The van der Waals surface area contributed by atoms with Gasteiger partial charge in [0.25, 0.3) is 0 Å². The fourth-order valence-electron chi connectivity index (χ4n) is 3.69. The molecule has 0 aromatic heterocycles. The standard InChI is InChI=1S/C24H24F2N2O3S/c1-15-11-16(2)23(17(3)12-15)32(30,31)28-22(13-18-7-5-4-6-8-18)24(29)27-21-14-19(25)9-10-20(21)26/h4-12,14,22,28H,13H2,1-3H3,(H,27,29)/t22-/m1/s1. The molecule has 0 saturated carbocycles. The quantitative estimate of drug-likeness (QED) is 0.551. The highest BCUT2D eigenvalue weighted by molar-refractivity contribution is 7.89. The molecule has 0 spiro atoms. The van der Waals surface area contributed by atoms with Crippen LogP contribution in [0.25, 0.3) is 0 Å². The number of sulfonamides is 1. The Morgan fingerprint density at radius 2 is 1.56 bits per heavy atom. The Bertz CT molecular complexity index is 1220. The molecule has 0 aliphatic rings. The van der Waals surface area contributed by atoms with Crippen LogP contribution in [0.3, 0.4) is 0 Å². The summed E-state index contributed by atoms with van der Waals surface area (Å²) in [5.74, 6) is -2.36. The molecule has 5 nitrogen and oxygen atoms in total. The fraction of sp³-hybridized carbons (Fsp3) is 0.208. The summed E-state index contributed by atoms with van der Waals surface area (Å²) in [6, 6.07) is 13.7. The Hall–Kier alpha value is -3.10. The van der Waals surface area contributed by atoms with Crippen molar-refractivity contribution in [1.82, 2.24) is 4.72 Å². The van der Waals surface area contributed by atoms with Crippen LogP contribution >= 0.6 is 0 Å². The molecule has 0 heterocycles. The zero-order valence-corrected chi connectivity index (χ0v) is 18.8. The van der Waals surface area contributed by atoms with Gasteiger partial charge in [0.05, 0.1) is 10.6 Å². The average molecular weight is 459 g/mol. The molecule has 0 fully saturated rings. The predicted molar refractivity (Wildman–Crippen MR) is 120 cm³/mol. The van der Waals surface area contributed by atoms with Gasteiger partial charge < -0.3 is 5.32 Å². The van der Waals surface area contributed by atoms with Gasteiger partial charge in [0, 0.05) is 6.07 Å². The average Bonchev–Trinajstić information content (AvgIpc) is 2.69. The Balaban J connectivity index is 1.96. The van der Waals surface area contributed by atoms with Gasteiger partial charge in [-0.2, -0.15) is 4.72 Å². The van der Waals surface area contributed by atoms with E-state index in [9.17, 15) is 22.0 Å². The maximum Gasteiger partial charge on any atom is 0.242 e. The smallest absolute Gasteiger partial charge is 0.242 e. The summed E-state index contributed by atoms with van der Waals surface area (Å²) in [7, 11) is -4.09. The van der Waals surface area contributed by atoms with E-state index >= 15 is 0 Å². The zero-order chi connectivity index (χ0) is 23.5. The van der Waals surface area contributed by atoms with E-state index in [-0.39, 0.29) is 17.0 Å². The van der Waals surface area contributed by atoms with Crippen molar-refractivity contribution in [2.45, 2.75) is 38.1 Å². The summed E-state index contributed by atoms with van der Waals surface area (Å²) in [5.41, 5.74) is 2.34. The second kappa shape index (κ2) is 9.58. The molecule has 0 aliphatic carbocycles. The van der Waals surface area contributed by atoms with Gasteiger partial charge in [-0.3, -0.25) is 4.79 Å². The largest absolute Gasteiger partial charge is 0.322 e. The summed E-state index contributed by atoms with van der Waals surface area (Å²) in [6.07, 6.45) is 0.0206. The van der Waals surface area contributed by atoms with E-state index in [0.29, 0.717) is 16.7 Å². The Kier molecular flexibility index (Phi) is 7.06. The number of anilines is 1. The first-order valence-electron chi connectivity index (χ1n) is 9.97. The highest BCUT2D eigenvalue weighted by atomic mass is 32.2. The normalized spacial score (nSPS) is 12.4. The number of aryl methyl sites for hydroxylation is 3. The van der Waals surface area contributed by atoms with Crippen molar-refractivity contribution in [2.75, 3.05) is 5.32 Å². The van der Waals surface area contributed by atoms with Gasteiger partial charge in [-0.1, -0.05) is 48.0 Å². The number of hydrogen-bond donors (Lipinski definition) is 2. The van der Waals surface area contributed by atoms with Crippen molar-refractivity contribution < 1.29 is 22.0 Å². The molecule has 0 unspecified atom stereocenters. The van der Waals surface area contributed by atoms with E-state index in [0.717, 1.165) is 23.8 Å². The van der Waals surface area contributed by atoms with Crippen LogP contribution in [0.15, 0.2) is 65.6 Å². The van der Waals surface area contributed by atoms with Crippen LogP contribution in [0.2, 0.25) is 0 Å². The lowest BCUT2D eigenvalue weighted by atomic mass is 10.1. The minimum absolute atomic E-state index is 0.0206. The molecular weight excluding hydrogens is 434 g/mol. The molecule has 3 rings (SSSR count). The maximum atomic E-state index is 14.0. The van der Waals surface area contributed by atoms with Crippen molar-refractivity contribution >= 4 is 21.6 Å². The summed E-state index contributed by atoms with van der Waals surface area (Å²) >= 11 is 0. The van der Waals surface area contributed by atoms with Crippen molar-refractivity contribution in [3.63, 3.8) is 0 Å². The number of halogens is 2. The van der Waals surface area contributed by atoms with Crippen molar-refractivity contribution in [1.29, 1.82) is 0 Å². The van der Waals surface area contributed by atoms with Crippen LogP contribution < -0.4 is 10.0 Å². The lowest BCUT2D eigenvalue weighted by Crippen LogP contribution is -2.45. The van der Waals surface area contributed by atoms with E-state index in [4.69, 9.17) is 0 Å². The number of carbonyl (C=O) groups is 1. The maximum absolute atomic E-state index is 14.0. The minimum Gasteiger partial charge on any atom is -0.322 e. The second-order valence-electron chi connectivity index (χ2n) is 7.70. The third-order valence-electron chi connectivity index (χ3n) is 4.96. The molecule has 0 saturated heterocycles. The van der Waals surface area contributed by atoms with E-state index in [1.54, 1.807) is 56.3 Å². The number of rotatable bonds is 7. The highest BCUT2D eigenvalue weighted by Crippen LogP contribution is 2.23. The summed E-state index contributed by atoms with van der Waals surface area (Å²) in [5, 5.41) is 2.30. The molecule has 2 N–H and O–H groups in total. The number of hydrogen-bond acceptors (Lipinski definition) is 3. The first-order chi connectivity index (χ1) is 15.1. The van der Waals surface area contributed by atoms with Gasteiger partial charge >= 0.3 is 0 Å². The molecule has 3 aromatic carbocycles. The van der Waals surface area contributed by atoms with Gasteiger partial charge in [-0.15, -0.1) is 0 Å². The van der Waals surface area contributed by atoms with Crippen LogP contribution in [0, 0.1) is 32.4 Å². The van der Waals surface area contributed by atoms with E-state index in [1.165, 1.54) is 0 Å². The Morgan fingerprint density at radius 1 is 0.938 bits per heavy atom. The zero-order valence-electron chi connectivity index (χ0n) is 17.9. The third-order valence-corrected chi connectivity index (χ3v) is 6.73. The van der Waals surface area contributed by atoms with Crippen molar-refractivity contribution in [3.8, 4) is 0 Å². The molecule has 1 amide bonds. The summed E-state index contributed by atoms with van der Waals surface area (Å²) in [4.78, 5) is 13.1. The van der Waals surface area contributed by atoms with Crippen LogP contribution in [0.1, 0.15) is 22.3 Å². The lowest BCUT2D eigenvalue weighted by molar-refractivity contribution is -0.117. The predicted octanol–water partition coefficient (Wildman–Crippen LogP) is 4.42. The molecule has 32 heavy (non-hydrogen) atoms. The molecule has 1 atom stereocenters. The monoisotopic (exact) mass is 458 g/mol. The number of carbonyl (C=O) groups excluding carboxylic acids is 1. The summed E-state index contributed by atoms with van der Waals surface area (Å²) in [6.45, 7) is 5.23. The third kappa shape index (κ3) is 5.57. The molecule has 3 aromatic rings. The van der Waals surface area contributed by atoms with Crippen LogP contribution in [-0.2, 0) is 21.2 Å². The van der Waals surface area contributed by atoms with Crippen molar-refractivity contribution in [3.05, 3.63) is 94.6 Å². The molecular formula is C24H24F2N2O3S. The van der Waals surface area contributed by atoms with Gasteiger partial charge in [-0.05, 0) is 56.0 Å². The Labute approximate surface area is 186 Å². The van der Waals surface area contributed by atoms with Gasteiger partial charge in [0.1, 0.15) is 17.7 Å². The highest BCUT2D eigenvalue weighted by Gasteiger charge is 2.29. The van der Waals surface area contributed by atoms with Crippen LogP contribution in [-0.4, -0.2) is 20.4 Å². The molecule has 0 radical (unpaired) electrons. The van der Waals surface area contributed by atoms with Crippen LogP contribution in [0.5, 0.6) is 0 Å². The molecule has 8 heteroatoms. The molecule has 0 aliphatic heterocycles. The van der Waals surface area contributed by atoms with E-state index < -0.39 is 33.6 Å². The molecule has 0 bridgehead atoms. The minimum atomic E-state index is -4.09. The summed E-state index contributed by atoms with van der Waals surface area (Å²) < 4.78 is 56.5. The lowest BCUT2D eigenvalue weighted by Gasteiger charge is -2.21. The number of benzene rings is 3. The first kappa shape index (κ1) is 23.6. The fourth-order valence-corrected chi connectivity index (χ4v) is 5.34. The van der Waals surface area contributed by atoms with Crippen molar-refractivity contribution in [2.24, 2.45) is 0 Å². The number of amides is 1. The SMILES string of the molecule is Cc1cc(C)c(S(=O)(=O)N[C@H](Cc2ccccc2)C(=O)Nc2cc(F)ccc2F)c(C)c1. The van der Waals surface area contributed by atoms with Gasteiger partial charge in [-0.25, -0.2) is 17.2 Å². The first-order valence-corrected chi connectivity index (χ1v) is 11.4. The van der Waals surface area contributed by atoms with E-state index in [2.05, 4.69) is 10.0 Å². The topological polar surface area (TPSA) is 75.3 Å². The van der Waals surface area contributed by atoms with E-state index in [1.807, 2.05) is 6.92 Å². The molecule has 168 valence electrons. The van der Waals surface area contributed by atoms with Gasteiger partial charge in [0.15, 0.2) is 0 Å². The second-order valence-corrected chi connectivity index (χ2v) is 9.36.